The topological polar surface area (TPSA) is 35.9 Å². The van der Waals surface area contributed by atoms with E-state index in [0.29, 0.717) is 5.75 Å². The smallest absolute Gasteiger partial charge is 0.160 e. The fourth-order valence-corrected chi connectivity index (χ4v) is 3.28. The van der Waals surface area contributed by atoms with Crippen molar-refractivity contribution in [3.63, 3.8) is 0 Å². The Morgan fingerprint density at radius 1 is 1.32 bits per heavy atom. The van der Waals surface area contributed by atoms with Crippen molar-refractivity contribution in [1.29, 1.82) is 0 Å². The molecule has 0 aliphatic carbocycles. The summed E-state index contributed by atoms with van der Waals surface area (Å²) in [5.74, 6) is 0.781. The number of benzene rings is 1. The van der Waals surface area contributed by atoms with Gasteiger partial charge in [0.05, 0.1) is 7.11 Å². The van der Waals surface area contributed by atoms with Gasteiger partial charge in [-0.2, -0.15) is 0 Å². The maximum absolute atomic E-state index is 9.62. The molecule has 1 aromatic carbocycles. The number of hydrogen-bond donors (Lipinski definition) is 1. The number of nitrogens with zero attached hydrogens (tertiary/aromatic N) is 2. The summed E-state index contributed by atoms with van der Waals surface area (Å²) < 4.78 is 5.17. The Labute approximate surface area is 114 Å². The molecule has 3 rings (SSSR count). The zero-order valence-electron chi connectivity index (χ0n) is 11.5. The molecule has 2 fully saturated rings. The number of aromatic hydroxyl groups is 1. The van der Waals surface area contributed by atoms with Crippen LogP contribution >= 0.6 is 0 Å². The molecule has 0 spiro atoms. The quantitative estimate of drug-likeness (QED) is 0.899. The van der Waals surface area contributed by atoms with Crippen molar-refractivity contribution in [2.24, 2.45) is 0 Å². The average molecular weight is 262 g/mol. The van der Waals surface area contributed by atoms with Crippen LogP contribution in [0.1, 0.15) is 18.4 Å². The van der Waals surface area contributed by atoms with Crippen molar-refractivity contribution in [3.05, 3.63) is 23.8 Å². The van der Waals surface area contributed by atoms with Crippen LogP contribution in [-0.4, -0.2) is 54.2 Å². The molecule has 1 atom stereocenters. The van der Waals surface area contributed by atoms with Crippen molar-refractivity contribution in [3.8, 4) is 11.5 Å². The summed E-state index contributed by atoms with van der Waals surface area (Å²) in [7, 11) is 1.59. The molecule has 0 aromatic heterocycles. The van der Waals surface area contributed by atoms with Gasteiger partial charge in [0.15, 0.2) is 11.5 Å². The van der Waals surface area contributed by atoms with Crippen molar-refractivity contribution < 1.29 is 9.84 Å². The molecule has 0 bridgehead atoms. The van der Waals surface area contributed by atoms with Crippen molar-refractivity contribution in [2.45, 2.75) is 25.4 Å². The summed E-state index contributed by atoms with van der Waals surface area (Å²) in [4.78, 5) is 5.13. The Morgan fingerprint density at radius 2 is 2.21 bits per heavy atom. The first-order valence-corrected chi connectivity index (χ1v) is 7.08. The molecule has 104 valence electrons. The number of fused-ring (bicyclic) bond motifs is 1. The molecule has 2 heterocycles. The maximum atomic E-state index is 9.62. The van der Waals surface area contributed by atoms with E-state index in [-0.39, 0.29) is 5.75 Å². The Kier molecular flexibility index (Phi) is 3.62. The molecule has 1 unspecified atom stereocenters. The summed E-state index contributed by atoms with van der Waals surface area (Å²) in [5.41, 5.74) is 1.21. The number of hydrogen-bond acceptors (Lipinski definition) is 4. The predicted molar refractivity (Wildman–Crippen MR) is 74.5 cm³/mol. The van der Waals surface area contributed by atoms with E-state index in [1.807, 2.05) is 12.1 Å². The van der Waals surface area contributed by atoms with Crippen LogP contribution in [0.25, 0.3) is 0 Å². The van der Waals surface area contributed by atoms with E-state index < -0.39 is 0 Å². The van der Waals surface area contributed by atoms with Crippen molar-refractivity contribution in [2.75, 3.05) is 33.3 Å². The van der Waals surface area contributed by atoms with E-state index in [9.17, 15) is 5.11 Å². The Hall–Kier alpha value is -1.26. The molecule has 19 heavy (non-hydrogen) atoms. The highest BCUT2D eigenvalue weighted by molar-refractivity contribution is 5.41. The van der Waals surface area contributed by atoms with E-state index in [1.54, 1.807) is 13.2 Å². The molecule has 2 aliphatic rings. The Balaban J connectivity index is 1.65. The van der Waals surface area contributed by atoms with Crippen LogP contribution in [0.15, 0.2) is 18.2 Å². The van der Waals surface area contributed by atoms with Gasteiger partial charge in [0.1, 0.15) is 0 Å². The lowest BCUT2D eigenvalue weighted by Gasteiger charge is -2.37. The SMILES string of the molecule is COc1cc(CN2CCN3CCCC3C2)ccc1O. The van der Waals surface area contributed by atoms with Gasteiger partial charge in [0.25, 0.3) is 0 Å². The lowest BCUT2D eigenvalue weighted by molar-refractivity contribution is 0.0993. The number of piperazine rings is 1. The van der Waals surface area contributed by atoms with E-state index in [4.69, 9.17) is 4.74 Å². The molecule has 4 heteroatoms. The first-order chi connectivity index (χ1) is 9.26. The highest BCUT2D eigenvalue weighted by atomic mass is 16.5. The molecular formula is C15H22N2O2. The van der Waals surface area contributed by atoms with E-state index in [2.05, 4.69) is 9.80 Å². The fourth-order valence-electron chi connectivity index (χ4n) is 3.28. The minimum atomic E-state index is 0.215. The van der Waals surface area contributed by atoms with Crippen LogP contribution < -0.4 is 4.74 Å². The molecular weight excluding hydrogens is 240 g/mol. The van der Waals surface area contributed by atoms with Crippen LogP contribution in [0.4, 0.5) is 0 Å². The zero-order chi connectivity index (χ0) is 13.2. The molecule has 0 saturated carbocycles. The first kappa shape index (κ1) is 12.8. The van der Waals surface area contributed by atoms with Crippen LogP contribution in [0.3, 0.4) is 0 Å². The summed E-state index contributed by atoms with van der Waals surface area (Å²) in [6, 6.07) is 6.41. The summed E-state index contributed by atoms with van der Waals surface area (Å²) in [5, 5.41) is 9.62. The minimum absolute atomic E-state index is 0.215. The molecule has 1 aromatic rings. The summed E-state index contributed by atoms with van der Waals surface area (Å²) in [6.45, 7) is 5.73. The van der Waals surface area contributed by atoms with Crippen LogP contribution in [-0.2, 0) is 6.54 Å². The zero-order valence-corrected chi connectivity index (χ0v) is 11.5. The van der Waals surface area contributed by atoms with Crippen molar-refractivity contribution in [1.82, 2.24) is 9.80 Å². The number of ether oxygens (including phenoxy) is 1. The molecule has 2 aliphatic heterocycles. The summed E-state index contributed by atoms with van der Waals surface area (Å²) >= 11 is 0. The third-order valence-electron chi connectivity index (χ3n) is 4.32. The second kappa shape index (κ2) is 5.39. The van der Waals surface area contributed by atoms with Gasteiger partial charge in [-0.15, -0.1) is 0 Å². The lowest BCUT2D eigenvalue weighted by Crippen LogP contribution is -2.49. The van der Waals surface area contributed by atoms with Gasteiger partial charge in [0.2, 0.25) is 0 Å². The largest absolute Gasteiger partial charge is 0.504 e. The van der Waals surface area contributed by atoms with Crippen LogP contribution in [0, 0.1) is 0 Å². The molecule has 4 nitrogen and oxygen atoms in total. The number of phenolic OH excluding ortho intramolecular Hbond substituents is 1. The maximum Gasteiger partial charge on any atom is 0.160 e. The lowest BCUT2D eigenvalue weighted by atomic mass is 10.1. The van der Waals surface area contributed by atoms with Gasteiger partial charge in [0, 0.05) is 32.2 Å². The second-order valence-electron chi connectivity index (χ2n) is 5.57. The number of methoxy groups -OCH3 is 1. The van der Waals surface area contributed by atoms with Crippen LogP contribution in [0.5, 0.6) is 11.5 Å². The number of rotatable bonds is 3. The molecule has 0 amide bonds. The highest BCUT2D eigenvalue weighted by Gasteiger charge is 2.30. The van der Waals surface area contributed by atoms with Gasteiger partial charge >= 0.3 is 0 Å². The molecule has 1 N–H and O–H groups in total. The standard InChI is InChI=1S/C15H22N2O2/c1-19-15-9-12(4-5-14(15)18)10-16-7-8-17-6-2-3-13(17)11-16/h4-5,9,13,18H,2-3,6-8,10-11H2,1H3. The van der Waals surface area contributed by atoms with Gasteiger partial charge in [-0.1, -0.05) is 6.07 Å². The normalized spacial score (nSPS) is 24.4. The average Bonchev–Trinajstić information content (AvgIpc) is 2.88. The van der Waals surface area contributed by atoms with Crippen molar-refractivity contribution >= 4 is 0 Å². The first-order valence-electron chi connectivity index (χ1n) is 7.08. The Morgan fingerprint density at radius 3 is 3.05 bits per heavy atom. The van der Waals surface area contributed by atoms with Gasteiger partial charge in [-0.05, 0) is 37.1 Å². The second-order valence-corrected chi connectivity index (χ2v) is 5.57. The van der Waals surface area contributed by atoms with Gasteiger partial charge in [-0.3, -0.25) is 9.80 Å². The fraction of sp³-hybridized carbons (Fsp3) is 0.600. The molecule has 0 radical (unpaired) electrons. The monoisotopic (exact) mass is 262 g/mol. The van der Waals surface area contributed by atoms with Gasteiger partial charge < -0.3 is 9.84 Å². The molecule has 2 saturated heterocycles. The number of phenols is 1. The Bertz CT molecular complexity index is 450. The van der Waals surface area contributed by atoms with E-state index >= 15 is 0 Å². The third-order valence-corrected chi connectivity index (χ3v) is 4.32. The highest BCUT2D eigenvalue weighted by Crippen LogP contribution is 2.28. The third kappa shape index (κ3) is 2.69. The summed E-state index contributed by atoms with van der Waals surface area (Å²) in [6.07, 6.45) is 2.70. The van der Waals surface area contributed by atoms with Gasteiger partial charge in [-0.25, -0.2) is 0 Å². The van der Waals surface area contributed by atoms with E-state index in [0.717, 1.165) is 19.1 Å². The predicted octanol–water partition coefficient (Wildman–Crippen LogP) is 1.68. The van der Waals surface area contributed by atoms with E-state index in [1.165, 1.54) is 38.0 Å². The van der Waals surface area contributed by atoms with Crippen LogP contribution in [0.2, 0.25) is 0 Å². The minimum Gasteiger partial charge on any atom is -0.504 e.